The second kappa shape index (κ2) is 6.09. The molecule has 0 fully saturated rings. The summed E-state index contributed by atoms with van der Waals surface area (Å²) in [6.45, 7) is 5.54. The van der Waals surface area contributed by atoms with Crippen LogP contribution in [-0.4, -0.2) is 11.1 Å². The van der Waals surface area contributed by atoms with Crippen LogP contribution in [0.1, 0.15) is 35.5 Å². The quantitative estimate of drug-likeness (QED) is 0.940. The average Bonchev–Trinajstić information content (AvgIpc) is 2.71. The molecule has 1 amide bonds. The molecule has 0 aliphatic heterocycles. The van der Waals surface area contributed by atoms with Crippen molar-refractivity contribution < 1.29 is 9.32 Å². The Morgan fingerprint density at radius 3 is 2.70 bits per heavy atom. The van der Waals surface area contributed by atoms with Crippen LogP contribution in [0.4, 0.5) is 0 Å². The summed E-state index contributed by atoms with van der Waals surface area (Å²) in [4.78, 5) is 12.1. The molecule has 106 valence electrons. The topological polar surface area (TPSA) is 55.1 Å². The summed E-state index contributed by atoms with van der Waals surface area (Å²) in [6, 6.07) is 7.34. The lowest BCUT2D eigenvalue weighted by Crippen LogP contribution is -2.28. The van der Waals surface area contributed by atoms with Gasteiger partial charge in [-0.3, -0.25) is 4.79 Å². The standard InChI is InChI=1S/C15H17ClN2O2/c1-9(12-6-4-5-7-14(12)16)17-15(19)8-13-10(2)18-20-11(13)3/h4-7,9H,8H2,1-3H3,(H,17,19). The number of hydrogen-bond acceptors (Lipinski definition) is 3. The van der Waals surface area contributed by atoms with E-state index in [9.17, 15) is 4.79 Å². The summed E-state index contributed by atoms with van der Waals surface area (Å²) in [7, 11) is 0. The molecule has 1 N–H and O–H groups in total. The molecule has 0 saturated carbocycles. The number of nitrogens with zero attached hydrogens (tertiary/aromatic N) is 1. The monoisotopic (exact) mass is 292 g/mol. The first-order valence-electron chi connectivity index (χ1n) is 6.44. The fourth-order valence-electron chi connectivity index (χ4n) is 2.11. The molecule has 0 spiro atoms. The van der Waals surface area contributed by atoms with Crippen LogP contribution in [0.25, 0.3) is 0 Å². The Labute approximate surface area is 123 Å². The van der Waals surface area contributed by atoms with Crippen molar-refractivity contribution in [3.05, 3.63) is 51.9 Å². The first-order valence-corrected chi connectivity index (χ1v) is 6.82. The fourth-order valence-corrected chi connectivity index (χ4v) is 2.41. The maximum atomic E-state index is 12.1. The van der Waals surface area contributed by atoms with Gasteiger partial charge in [0.05, 0.1) is 18.2 Å². The molecule has 1 heterocycles. The van der Waals surface area contributed by atoms with Crippen LogP contribution in [0.15, 0.2) is 28.8 Å². The minimum atomic E-state index is -0.142. The number of hydrogen-bond donors (Lipinski definition) is 1. The first-order chi connectivity index (χ1) is 9.49. The third-order valence-corrected chi connectivity index (χ3v) is 3.61. The highest BCUT2D eigenvalue weighted by Crippen LogP contribution is 2.22. The van der Waals surface area contributed by atoms with Crippen LogP contribution in [-0.2, 0) is 11.2 Å². The van der Waals surface area contributed by atoms with Crippen LogP contribution in [0.3, 0.4) is 0 Å². The fraction of sp³-hybridized carbons (Fsp3) is 0.333. The van der Waals surface area contributed by atoms with Gasteiger partial charge in [-0.25, -0.2) is 0 Å². The normalized spacial score (nSPS) is 12.2. The Bertz CT molecular complexity index is 603. The lowest BCUT2D eigenvalue weighted by molar-refractivity contribution is -0.121. The van der Waals surface area contributed by atoms with Gasteiger partial charge < -0.3 is 9.84 Å². The number of rotatable bonds is 4. The Balaban J connectivity index is 2.04. The molecule has 20 heavy (non-hydrogen) atoms. The van der Waals surface area contributed by atoms with Crippen LogP contribution in [0, 0.1) is 13.8 Å². The van der Waals surface area contributed by atoms with Crippen molar-refractivity contribution in [3.8, 4) is 0 Å². The Morgan fingerprint density at radius 2 is 2.10 bits per heavy atom. The van der Waals surface area contributed by atoms with Gasteiger partial charge in [-0.05, 0) is 32.4 Å². The number of benzene rings is 1. The molecular formula is C15H17ClN2O2. The van der Waals surface area contributed by atoms with Crippen LogP contribution < -0.4 is 5.32 Å². The SMILES string of the molecule is Cc1noc(C)c1CC(=O)NC(C)c1ccccc1Cl. The van der Waals surface area contributed by atoms with Crippen molar-refractivity contribution in [1.82, 2.24) is 10.5 Å². The molecule has 0 saturated heterocycles. The maximum absolute atomic E-state index is 12.1. The molecule has 1 aromatic carbocycles. The van der Waals surface area contributed by atoms with Gasteiger partial charge in [0.2, 0.25) is 5.91 Å². The third kappa shape index (κ3) is 3.20. The number of carbonyl (C=O) groups is 1. The number of nitrogens with one attached hydrogen (secondary N) is 1. The molecule has 1 atom stereocenters. The van der Waals surface area contributed by atoms with Crippen LogP contribution in [0.2, 0.25) is 5.02 Å². The van der Waals surface area contributed by atoms with E-state index >= 15 is 0 Å². The maximum Gasteiger partial charge on any atom is 0.225 e. The molecule has 2 rings (SSSR count). The molecule has 0 aliphatic rings. The lowest BCUT2D eigenvalue weighted by Gasteiger charge is -2.15. The summed E-state index contributed by atoms with van der Waals surface area (Å²) in [5.41, 5.74) is 2.50. The molecule has 0 aliphatic carbocycles. The largest absolute Gasteiger partial charge is 0.361 e. The van der Waals surface area contributed by atoms with Crippen molar-refractivity contribution in [3.63, 3.8) is 0 Å². The van der Waals surface area contributed by atoms with Gasteiger partial charge >= 0.3 is 0 Å². The zero-order chi connectivity index (χ0) is 14.7. The van der Waals surface area contributed by atoms with E-state index in [-0.39, 0.29) is 18.4 Å². The summed E-state index contributed by atoms with van der Waals surface area (Å²) in [6.07, 6.45) is 0.260. The van der Waals surface area contributed by atoms with Crippen molar-refractivity contribution >= 4 is 17.5 Å². The number of aryl methyl sites for hydroxylation is 2. The predicted octanol–water partition coefficient (Wildman–Crippen LogP) is 3.36. The third-order valence-electron chi connectivity index (χ3n) is 3.27. The molecule has 5 heteroatoms. The lowest BCUT2D eigenvalue weighted by atomic mass is 10.1. The van der Waals surface area contributed by atoms with Gasteiger partial charge in [0.15, 0.2) is 0 Å². The minimum Gasteiger partial charge on any atom is -0.361 e. The summed E-state index contributed by atoms with van der Waals surface area (Å²) in [5.74, 6) is 0.606. The minimum absolute atomic E-state index is 0.0770. The van der Waals surface area contributed by atoms with Gasteiger partial charge in [0, 0.05) is 10.6 Å². The summed E-state index contributed by atoms with van der Waals surface area (Å²) < 4.78 is 5.05. The van der Waals surface area contributed by atoms with E-state index in [2.05, 4.69) is 10.5 Å². The van der Waals surface area contributed by atoms with E-state index in [1.807, 2.05) is 38.1 Å². The van der Waals surface area contributed by atoms with E-state index in [1.54, 1.807) is 6.92 Å². The Morgan fingerprint density at radius 1 is 1.40 bits per heavy atom. The Kier molecular flexibility index (Phi) is 4.45. The second-order valence-corrected chi connectivity index (χ2v) is 5.20. The van der Waals surface area contributed by atoms with E-state index in [4.69, 9.17) is 16.1 Å². The van der Waals surface area contributed by atoms with E-state index in [1.165, 1.54) is 0 Å². The van der Waals surface area contributed by atoms with Gasteiger partial charge in [-0.1, -0.05) is 35.0 Å². The number of amides is 1. The van der Waals surface area contributed by atoms with E-state index in [0.717, 1.165) is 16.8 Å². The molecule has 4 nitrogen and oxygen atoms in total. The highest BCUT2D eigenvalue weighted by atomic mass is 35.5. The molecular weight excluding hydrogens is 276 g/mol. The van der Waals surface area contributed by atoms with E-state index < -0.39 is 0 Å². The predicted molar refractivity (Wildman–Crippen MR) is 77.7 cm³/mol. The molecule has 0 radical (unpaired) electrons. The Hall–Kier alpha value is -1.81. The van der Waals surface area contributed by atoms with Crippen molar-refractivity contribution in [2.24, 2.45) is 0 Å². The van der Waals surface area contributed by atoms with Crippen LogP contribution in [0.5, 0.6) is 0 Å². The van der Waals surface area contributed by atoms with E-state index in [0.29, 0.717) is 10.8 Å². The highest BCUT2D eigenvalue weighted by Gasteiger charge is 2.16. The van der Waals surface area contributed by atoms with Crippen molar-refractivity contribution in [2.75, 3.05) is 0 Å². The van der Waals surface area contributed by atoms with Gasteiger partial charge in [0.1, 0.15) is 5.76 Å². The summed E-state index contributed by atoms with van der Waals surface area (Å²) in [5, 5.41) is 7.43. The van der Waals surface area contributed by atoms with Gasteiger partial charge in [-0.15, -0.1) is 0 Å². The van der Waals surface area contributed by atoms with Gasteiger partial charge in [0.25, 0.3) is 0 Å². The number of carbonyl (C=O) groups excluding carboxylic acids is 1. The molecule has 2 aromatic rings. The molecule has 1 aromatic heterocycles. The smallest absolute Gasteiger partial charge is 0.225 e. The zero-order valence-corrected chi connectivity index (χ0v) is 12.5. The average molecular weight is 293 g/mol. The number of halogens is 1. The molecule has 0 bridgehead atoms. The number of aromatic nitrogens is 1. The van der Waals surface area contributed by atoms with Crippen molar-refractivity contribution in [1.29, 1.82) is 0 Å². The zero-order valence-electron chi connectivity index (χ0n) is 11.7. The van der Waals surface area contributed by atoms with Crippen LogP contribution >= 0.6 is 11.6 Å². The van der Waals surface area contributed by atoms with Gasteiger partial charge in [-0.2, -0.15) is 0 Å². The first kappa shape index (κ1) is 14.6. The van der Waals surface area contributed by atoms with Crippen molar-refractivity contribution in [2.45, 2.75) is 33.2 Å². The second-order valence-electron chi connectivity index (χ2n) is 4.79. The highest BCUT2D eigenvalue weighted by molar-refractivity contribution is 6.31. The summed E-state index contributed by atoms with van der Waals surface area (Å²) >= 11 is 6.12. The molecule has 1 unspecified atom stereocenters.